The standard InChI is InChI=1S/C15H16BrN3O2/c16-14-13(9-17-19(5-6-20)15(14)21)18-12-7-10-3-1-2-4-11(10)8-12/h1-4,9,12,18,20H,5-8H2. The van der Waals surface area contributed by atoms with Crippen LogP contribution >= 0.6 is 15.9 Å². The predicted octanol–water partition coefficient (Wildman–Crippen LogP) is 1.58. The van der Waals surface area contributed by atoms with Crippen molar-refractivity contribution in [2.75, 3.05) is 11.9 Å². The quantitative estimate of drug-likeness (QED) is 0.879. The minimum absolute atomic E-state index is 0.107. The highest BCUT2D eigenvalue weighted by Gasteiger charge is 2.22. The average molecular weight is 350 g/mol. The van der Waals surface area contributed by atoms with E-state index in [9.17, 15) is 4.79 Å². The fraction of sp³-hybridized carbons (Fsp3) is 0.333. The van der Waals surface area contributed by atoms with Gasteiger partial charge >= 0.3 is 0 Å². The monoisotopic (exact) mass is 349 g/mol. The summed E-state index contributed by atoms with van der Waals surface area (Å²) in [7, 11) is 0. The first-order valence-electron chi connectivity index (χ1n) is 6.89. The molecule has 0 saturated heterocycles. The molecule has 2 N–H and O–H groups in total. The molecule has 110 valence electrons. The Bertz CT molecular complexity index is 689. The summed E-state index contributed by atoms with van der Waals surface area (Å²) in [6.45, 7) is 0.0939. The average Bonchev–Trinajstić information content (AvgIpc) is 2.89. The first kappa shape index (κ1) is 14.3. The molecule has 2 aromatic rings. The number of aliphatic hydroxyl groups excluding tert-OH is 1. The summed E-state index contributed by atoms with van der Waals surface area (Å²) < 4.78 is 1.71. The number of anilines is 1. The molecule has 1 aromatic heterocycles. The first-order valence-corrected chi connectivity index (χ1v) is 7.68. The second-order valence-corrected chi connectivity index (χ2v) is 5.94. The number of hydrogen-bond acceptors (Lipinski definition) is 4. The molecule has 1 aromatic carbocycles. The van der Waals surface area contributed by atoms with E-state index in [-0.39, 0.29) is 24.8 Å². The zero-order valence-corrected chi connectivity index (χ0v) is 13.0. The van der Waals surface area contributed by atoms with Crippen LogP contribution in [0, 0.1) is 0 Å². The highest BCUT2D eigenvalue weighted by Crippen LogP contribution is 2.26. The van der Waals surface area contributed by atoms with Gasteiger partial charge in [-0.1, -0.05) is 24.3 Å². The van der Waals surface area contributed by atoms with E-state index in [1.165, 1.54) is 15.8 Å². The lowest BCUT2D eigenvalue weighted by molar-refractivity contribution is 0.266. The van der Waals surface area contributed by atoms with Gasteiger partial charge in [0.15, 0.2) is 0 Å². The molecular weight excluding hydrogens is 334 g/mol. The van der Waals surface area contributed by atoms with E-state index < -0.39 is 0 Å². The lowest BCUT2D eigenvalue weighted by Gasteiger charge is -2.15. The molecule has 0 unspecified atom stereocenters. The van der Waals surface area contributed by atoms with E-state index in [0.717, 1.165) is 12.8 Å². The molecule has 1 heterocycles. The van der Waals surface area contributed by atoms with Crippen LogP contribution in [0.4, 0.5) is 5.69 Å². The summed E-state index contributed by atoms with van der Waals surface area (Å²) in [5, 5.41) is 16.4. The van der Waals surface area contributed by atoms with Crippen LogP contribution in [-0.4, -0.2) is 27.5 Å². The Hall–Kier alpha value is -1.66. The van der Waals surface area contributed by atoms with Crippen molar-refractivity contribution < 1.29 is 5.11 Å². The Morgan fingerprint density at radius 2 is 2.00 bits per heavy atom. The number of fused-ring (bicyclic) bond motifs is 1. The lowest BCUT2D eigenvalue weighted by atomic mass is 10.1. The summed E-state index contributed by atoms with van der Waals surface area (Å²) in [6.07, 6.45) is 3.52. The van der Waals surface area contributed by atoms with Crippen LogP contribution in [-0.2, 0) is 19.4 Å². The van der Waals surface area contributed by atoms with Gasteiger partial charge in [0.2, 0.25) is 0 Å². The van der Waals surface area contributed by atoms with Gasteiger partial charge in [-0.25, -0.2) is 4.68 Å². The molecule has 0 atom stereocenters. The number of hydrogen-bond donors (Lipinski definition) is 2. The van der Waals surface area contributed by atoms with Crippen LogP contribution < -0.4 is 10.9 Å². The number of aliphatic hydroxyl groups is 1. The predicted molar refractivity (Wildman–Crippen MR) is 84.5 cm³/mol. The van der Waals surface area contributed by atoms with Gasteiger partial charge in [0.05, 0.1) is 25.0 Å². The Balaban J connectivity index is 1.78. The first-order chi connectivity index (χ1) is 10.2. The van der Waals surface area contributed by atoms with E-state index in [1.807, 2.05) is 0 Å². The third-order valence-electron chi connectivity index (χ3n) is 3.71. The number of nitrogens with one attached hydrogen (secondary N) is 1. The molecule has 0 spiro atoms. The van der Waals surface area contributed by atoms with Crippen LogP contribution in [0.25, 0.3) is 0 Å². The van der Waals surface area contributed by atoms with Gasteiger partial charge in [-0.2, -0.15) is 5.10 Å². The van der Waals surface area contributed by atoms with E-state index in [0.29, 0.717) is 10.2 Å². The third-order valence-corrected chi connectivity index (χ3v) is 4.47. The summed E-state index contributed by atoms with van der Waals surface area (Å²) in [4.78, 5) is 12.1. The van der Waals surface area contributed by atoms with Crippen LogP contribution in [0.5, 0.6) is 0 Å². The van der Waals surface area contributed by atoms with Crippen molar-refractivity contribution in [2.45, 2.75) is 25.4 Å². The Morgan fingerprint density at radius 3 is 2.62 bits per heavy atom. The van der Waals surface area contributed by atoms with Crippen molar-refractivity contribution in [3.8, 4) is 0 Å². The van der Waals surface area contributed by atoms with Gasteiger partial charge in [0.25, 0.3) is 5.56 Å². The molecule has 0 radical (unpaired) electrons. The number of benzene rings is 1. The molecule has 3 rings (SSSR count). The van der Waals surface area contributed by atoms with Crippen molar-refractivity contribution in [3.63, 3.8) is 0 Å². The molecule has 6 heteroatoms. The second-order valence-electron chi connectivity index (χ2n) is 5.14. The maximum Gasteiger partial charge on any atom is 0.283 e. The number of aromatic nitrogens is 2. The minimum atomic E-state index is -0.232. The Labute approximate surface area is 130 Å². The largest absolute Gasteiger partial charge is 0.394 e. The van der Waals surface area contributed by atoms with E-state index >= 15 is 0 Å². The van der Waals surface area contributed by atoms with Gasteiger partial charge in [0.1, 0.15) is 4.47 Å². The normalized spacial score (nSPS) is 14.2. The zero-order valence-electron chi connectivity index (χ0n) is 11.4. The summed E-state index contributed by atoms with van der Waals surface area (Å²) in [6, 6.07) is 8.66. The highest BCUT2D eigenvalue weighted by molar-refractivity contribution is 9.10. The second kappa shape index (κ2) is 5.99. The van der Waals surface area contributed by atoms with Crippen molar-refractivity contribution in [1.29, 1.82) is 0 Å². The van der Waals surface area contributed by atoms with Crippen LogP contribution in [0.3, 0.4) is 0 Å². The fourth-order valence-corrected chi connectivity index (χ4v) is 3.12. The molecule has 0 bridgehead atoms. The van der Waals surface area contributed by atoms with Gasteiger partial charge < -0.3 is 10.4 Å². The van der Waals surface area contributed by atoms with Crippen LogP contribution in [0.1, 0.15) is 11.1 Å². The van der Waals surface area contributed by atoms with Crippen LogP contribution in [0.15, 0.2) is 39.7 Å². The lowest BCUT2D eigenvalue weighted by Crippen LogP contribution is -2.28. The number of nitrogens with zero attached hydrogens (tertiary/aromatic N) is 2. The molecule has 0 amide bonds. The van der Waals surface area contributed by atoms with Gasteiger partial charge in [-0.15, -0.1) is 0 Å². The molecule has 0 fully saturated rings. The SMILES string of the molecule is O=c1c(Br)c(NC2Cc3ccccc3C2)cnn1CCO. The van der Waals surface area contributed by atoms with Gasteiger partial charge in [-0.05, 0) is 39.9 Å². The molecule has 5 nitrogen and oxygen atoms in total. The van der Waals surface area contributed by atoms with Crippen molar-refractivity contribution in [3.05, 3.63) is 56.4 Å². The smallest absolute Gasteiger partial charge is 0.283 e. The van der Waals surface area contributed by atoms with E-state index in [4.69, 9.17) is 5.11 Å². The summed E-state index contributed by atoms with van der Waals surface area (Å²) in [5.74, 6) is 0. The molecule has 0 aliphatic heterocycles. The van der Waals surface area contributed by atoms with Crippen molar-refractivity contribution >= 4 is 21.6 Å². The van der Waals surface area contributed by atoms with E-state index in [2.05, 4.69) is 50.6 Å². The molecule has 0 saturated carbocycles. The van der Waals surface area contributed by atoms with Crippen molar-refractivity contribution in [2.24, 2.45) is 0 Å². The fourth-order valence-electron chi connectivity index (χ4n) is 2.70. The molecular formula is C15H16BrN3O2. The van der Waals surface area contributed by atoms with Crippen molar-refractivity contribution in [1.82, 2.24) is 9.78 Å². The maximum absolute atomic E-state index is 12.1. The minimum Gasteiger partial charge on any atom is -0.394 e. The van der Waals surface area contributed by atoms with Gasteiger partial charge in [-0.3, -0.25) is 4.79 Å². The Kier molecular flexibility index (Phi) is 4.07. The molecule has 1 aliphatic carbocycles. The van der Waals surface area contributed by atoms with Gasteiger partial charge in [0, 0.05) is 6.04 Å². The maximum atomic E-state index is 12.1. The summed E-state index contributed by atoms with van der Waals surface area (Å²) >= 11 is 3.33. The number of halogens is 1. The number of rotatable bonds is 4. The Morgan fingerprint density at radius 1 is 1.33 bits per heavy atom. The zero-order chi connectivity index (χ0) is 14.8. The summed E-state index contributed by atoms with van der Waals surface area (Å²) in [5.41, 5.74) is 3.18. The molecule has 21 heavy (non-hydrogen) atoms. The van der Waals surface area contributed by atoms with Crippen LogP contribution in [0.2, 0.25) is 0 Å². The van der Waals surface area contributed by atoms with E-state index in [1.54, 1.807) is 6.20 Å². The third kappa shape index (κ3) is 2.87. The highest BCUT2D eigenvalue weighted by atomic mass is 79.9. The molecule has 1 aliphatic rings. The topological polar surface area (TPSA) is 67.2 Å².